The normalized spacial score (nSPS) is 30.5. The topological polar surface area (TPSA) is 58.9 Å². The zero-order valence-electron chi connectivity index (χ0n) is 6.99. The highest BCUT2D eigenvalue weighted by Crippen LogP contribution is 2.04. The predicted octanol–water partition coefficient (Wildman–Crippen LogP) is -0.609. The smallest absolute Gasteiger partial charge is 0.104 e. The average molecular weight is 164 g/mol. The van der Waals surface area contributed by atoms with Crippen LogP contribution in [0.2, 0.25) is 0 Å². The molecule has 1 aliphatic rings. The Morgan fingerprint density at radius 1 is 1.27 bits per heavy atom. The second-order valence-electron chi connectivity index (χ2n) is 2.28. The van der Waals surface area contributed by atoms with Gasteiger partial charge in [0, 0.05) is 7.11 Å². The number of aliphatic hydroxyl groups excluding tert-OH is 2. The molecule has 2 N–H and O–H groups in total. The zero-order valence-corrected chi connectivity index (χ0v) is 6.99. The van der Waals surface area contributed by atoms with Gasteiger partial charge in [0.05, 0.1) is 25.9 Å². The van der Waals surface area contributed by atoms with Crippen LogP contribution >= 0.6 is 0 Å². The number of rotatable bonds is 1. The quantitative estimate of drug-likeness (QED) is 0.543. The van der Waals surface area contributed by atoms with Crippen molar-refractivity contribution in [2.75, 3.05) is 26.9 Å². The summed E-state index contributed by atoms with van der Waals surface area (Å²) < 4.78 is 10.4. The Bertz CT molecular complexity index is 78.5. The molecule has 0 bridgehead atoms. The Hall–Kier alpha value is -0.160. The number of hydrogen-bond donors (Lipinski definition) is 2. The van der Waals surface area contributed by atoms with Gasteiger partial charge < -0.3 is 19.7 Å². The fraction of sp³-hybridized carbons (Fsp3) is 1.00. The van der Waals surface area contributed by atoms with E-state index in [0.717, 1.165) is 7.11 Å². The lowest BCUT2D eigenvalue weighted by Crippen LogP contribution is -2.35. The minimum atomic E-state index is -0.0961. The lowest BCUT2D eigenvalue weighted by Gasteiger charge is -2.25. The van der Waals surface area contributed by atoms with Crippen molar-refractivity contribution >= 4 is 0 Å². The van der Waals surface area contributed by atoms with Crippen LogP contribution < -0.4 is 0 Å². The highest BCUT2D eigenvalue weighted by Gasteiger charge is 2.17. The molecule has 68 valence electrons. The summed E-state index contributed by atoms with van der Waals surface area (Å²) in [6.45, 7) is 3.14. The van der Waals surface area contributed by atoms with Crippen molar-refractivity contribution in [1.29, 1.82) is 0 Å². The van der Waals surface area contributed by atoms with Gasteiger partial charge in [-0.3, -0.25) is 0 Å². The zero-order chi connectivity index (χ0) is 8.69. The molecule has 1 heterocycles. The lowest BCUT2D eigenvalue weighted by atomic mass is 10.3. The molecule has 2 atom stereocenters. The molecule has 0 saturated carbocycles. The van der Waals surface area contributed by atoms with Crippen LogP contribution in [0.4, 0.5) is 0 Å². The van der Waals surface area contributed by atoms with Crippen molar-refractivity contribution in [3.63, 3.8) is 0 Å². The molecule has 0 spiro atoms. The van der Waals surface area contributed by atoms with Crippen molar-refractivity contribution in [2.45, 2.75) is 19.1 Å². The lowest BCUT2D eigenvalue weighted by molar-refractivity contribution is -0.138. The Morgan fingerprint density at radius 2 is 1.91 bits per heavy atom. The highest BCUT2D eigenvalue weighted by atomic mass is 16.6. The van der Waals surface area contributed by atoms with Gasteiger partial charge in [0.2, 0.25) is 0 Å². The summed E-state index contributed by atoms with van der Waals surface area (Å²) in [4.78, 5) is 0. The molecule has 0 aromatic carbocycles. The molecular formula is C7H16O4. The van der Waals surface area contributed by atoms with Crippen LogP contribution in [0.1, 0.15) is 6.92 Å². The Balaban J connectivity index is 0.000000461. The second-order valence-corrected chi connectivity index (χ2v) is 2.28. The third kappa shape index (κ3) is 4.31. The number of hydrogen-bond acceptors (Lipinski definition) is 4. The van der Waals surface area contributed by atoms with Crippen LogP contribution in [-0.4, -0.2) is 49.4 Å². The van der Waals surface area contributed by atoms with E-state index in [2.05, 4.69) is 0 Å². The molecular weight excluding hydrogens is 148 g/mol. The molecule has 0 radical (unpaired) electrons. The van der Waals surface area contributed by atoms with E-state index in [9.17, 15) is 0 Å². The first kappa shape index (κ1) is 10.8. The standard InChI is InChI=1S/C6H12O3.CH4O/c1-5-3-9-6(2-7)4-8-5;1-2/h5-7H,2-4H2,1H3;2H,1H3/t5?,6-;/m1./s1. The van der Waals surface area contributed by atoms with E-state index in [0.29, 0.717) is 13.2 Å². The van der Waals surface area contributed by atoms with Gasteiger partial charge in [0.15, 0.2) is 0 Å². The van der Waals surface area contributed by atoms with E-state index in [1.54, 1.807) is 0 Å². The van der Waals surface area contributed by atoms with Crippen molar-refractivity contribution in [3.05, 3.63) is 0 Å². The second kappa shape index (κ2) is 6.54. The average Bonchev–Trinajstić information content (AvgIpc) is 2.10. The summed E-state index contributed by atoms with van der Waals surface area (Å²) in [6.07, 6.45) is 0.0917. The van der Waals surface area contributed by atoms with E-state index in [1.165, 1.54) is 0 Å². The van der Waals surface area contributed by atoms with Gasteiger partial charge >= 0.3 is 0 Å². The van der Waals surface area contributed by atoms with E-state index in [1.807, 2.05) is 6.92 Å². The van der Waals surface area contributed by atoms with Crippen molar-refractivity contribution in [2.24, 2.45) is 0 Å². The first-order chi connectivity index (χ1) is 5.33. The first-order valence-electron chi connectivity index (χ1n) is 3.61. The Labute approximate surface area is 66.7 Å². The van der Waals surface area contributed by atoms with Gasteiger partial charge in [-0.25, -0.2) is 0 Å². The molecule has 1 fully saturated rings. The molecule has 0 amide bonds. The maximum atomic E-state index is 8.57. The fourth-order valence-electron chi connectivity index (χ4n) is 0.745. The molecule has 1 aliphatic heterocycles. The molecule has 11 heavy (non-hydrogen) atoms. The highest BCUT2D eigenvalue weighted by molar-refractivity contribution is 4.62. The number of ether oxygens (including phenoxy) is 2. The molecule has 1 saturated heterocycles. The van der Waals surface area contributed by atoms with Crippen LogP contribution in [0.5, 0.6) is 0 Å². The van der Waals surface area contributed by atoms with Gasteiger partial charge in [-0.2, -0.15) is 0 Å². The van der Waals surface area contributed by atoms with Crippen LogP contribution in [-0.2, 0) is 9.47 Å². The molecule has 0 aromatic rings. The molecule has 1 unspecified atom stereocenters. The first-order valence-corrected chi connectivity index (χ1v) is 3.61. The fourth-order valence-corrected chi connectivity index (χ4v) is 0.745. The minimum absolute atomic E-state index is 0.0622. The van der Waals surface area contributed by atoms with Crippen LogP contribution in [0.25, 0.3) is 0 Å². The molecule has 4 heteroatoms. The molecule has 0 aliphatic carbocycles. The van der Waals surface area contributed by atoms with E-state index in [-0.39, 0.29) is 18.8 Å². The monoisotopic (exact) mass is 164 g/mol. The summed E-state index contributed by atoms with van der Waals surface area (Å²) >= 11 is 0. The minimum Gasteiger partial charge on any atom is -0.400 e. The van der Waals surface area contributed by atoms with Crippen LogP contribution in [0.15, 0.2) is 0 Å². The van der Waals surface area contributed by atoms with E-state index < -0.39 is 0 Å². The van der Waals surface area contributed by atoms with Gasteiger partial charge in [-0.1, -0.05) is 0 Å². The summed E-state index contributed by atoms with van der Waals surface area (Å²) in [7, 11) is 1.00. The maximum absolute atomic E-state index is 8.57. The predicted molar refractivity (Wildman–Crippen MR) is 40.4 cm³/mol. The third-order valence-electron chi connectivity index (χ3n) is 1.34. The Morgan fingerprint density at radius 3 is 2.27 bits per heavy atom. The van der Waals surface area contributed by atoms with E-state index >= 15 is 0 Å². The van der Waals surface area contributed by atoms with Gasteiger partial charge in [0.1, 0.15) is 6.10 Å². The number of aliphatic hydroxyl groups is 2. The van der Waals surface area contributed by atoms with Crippen LogP contribution in [0.3, 0.4) is 0 Å². The summed E-state index contributed by atoms with van der Waals surface area (Å²) in [6, 6.07) is 0. The third-order valence-corrected chi connectivity index (χ3v) is 1.34. The summed E-state index contributed by atoms with van der Waals surface area (Å²) in [5, 5.41) is 15.6. The largest absolute Gasteiger partial charge is 0.400 e. The maximum Gasteiger partial charge on any atom is 0.104 e. The van der Waals surface area contributed by atoms with Gasteiger partial charge in [-0.15, -0.1) is 0 Å². The molecule has 1 rings (SSSR count). The van der Waals surface area contributed by atoms with Crippen molar-refractivity contribution < 1.29 is 19.7 Å². The van der Waals surface area contributed by atoms with Gasteiger partial charge in [0.25, 0.3) is 0 Å². The Kier molecular flexibility index (Phi) is 6.45. The molecule has 4 nitrogen and oxygen atoms in total. The SMILES string of the molecule is CC1CO[C@H](CO)CO1.CO. The molecule has 0 aromatic heterocycles. The van der Waals surface area contributed by atoms with Crippen molar-refractivity contribution in [1.82, 2.24) is 0 Å². The van der Waals surface area contributed by atoms with Gasteiger partial charge in [-0.05, 0) is 6.92 Å². The van der Waals surface area contributed by atoms with Crippen LogP contribution in [0, 0.1) is 0 Å². The summed E-state index contributed by atoms with van der Waals surface area (Å²) in [5.74, 6) is 0. The summed E-state index contributed by atoms with van der Waals surface area (Å²) in [5.41, 5.74) is 0. The van der Waals surface area contributed by atoms with E-state index in [4.69, 9.17) is 19.7 Å². The van der Waals surface area contributed by atoms with Crippen molar-refractivity contribution in [3.8, 4) is 0 Å².